The van der Waals surface area contributed by atoms with E-state index in [0.717, 1.165) is 0 Å². The number of aromatic nitrogens is 2. The second-order valence-electron chi connectivity index (χ2n) is 4.80. The highest BCUT2D eigenvalue weighted by atomic mass is 19.1. The standard InChI is InChI=1S/C14H18FN5O/c1-10(9-20-6-2-5-18-20)17-8-12-4-3-11(7-13(12)15)14(16)19-21/h2-7,10,17,21H,8-9H2,1H3,(H2,16,19). The third kappa shape index (κ3) is 4.03. The number of halogens is 1. The summed E-state index contributed by atoms with van der Waals surface area (Å²) in [4.78, 5) is 0. The number of benzene rings is 1. The minimum Gasteiger partial charge on any atom is -0.409 e. The van der Waals surface area contributed by atoms with Crippen LogP contribution in [0.15, 0.2) is 41.8 Å². The lowest BCUT2D eigenvalue weighted by atomic mass is 10.1. The maximum absolute atomic E-state index is 13.9. The molecule has 0 aliphatic carbocycles. The molecule has 112 valence electrons. The number of oxime groups is 1. The summed E-state index contributed by atoms with van der Waals surface area (Å²) in [7, 11) is 0. The molecular formula is C14H18FN5O. The lowest BCUT2D eigenvalue weighted by Gasteiger charge is -2.14. The van der Waals surface area contributed by atoms with Gasteiger partial charge in [-0.25, -0.2) is 4.39 Å². The van der Waals surface area contributed by atoms with Crippen LogP contribution in [0.4, 0.5) is 4.39 Å². The minimum atomic E-state index is -0.391. The molecule has 0 radical (unpaired) electrons. The number of nitrogens with zero attached hydrogens (tertiary/aromatic N) is 3. The van der Waals surface area contributed by atoms with Crippen molar-refractivity contribution in [3.8, 4) is 0 Å². The zero-order valence-corrected chi connectivity index (χ0v) is 11.7. The van der Waals surface area contributed by atoms with Gasteiger partial charge in [0.1, 0.15) is 5.82 Å². The van der Waals surface area contributed by atoms with Crippen LogP contribution in [-0.4, -0.2) is 26.9 Å². The fraction of sp³-hybridized carbons (Fsp3) is 0.286. The molecule has 0 amide bonds. The molecule has 1 unspecified atom stereocenters. The Morgan fingerprint density at radius 3 is 3.00 bits per heavy atom. The van der Waals surface area contributed by atoms with Crippen molar-refractivity contribution in [3.63, 3.8) is 0 Å². The molecule has 1 aromatic carbocycles. The van der Waals surface area contributed by atoms with Gasteiger partial charge in [-0.15, -0.1) is 0 Å². The molecular weight excluding hydrogens is 273 g/mol. The minimum absolute atomic E-state index is 0.111. The summed E-state index contributed by atoms with van der Waals surface area (Å²) in [6, 6.07) is 6.50. The number of nitrogens with one attached hydrogen (secondary N) is 1. The highest BCUT2D eigenvalue weighted by Gasteiger charge is 2.08. The lowest BCUT2D eigenvalue weighted by molar-refractivity contribution is 0.318. The first-order valence-corrected chi connectivity index (χ1v) is 6.57. The third-order valence-electron chi connectivity index (χ3n) is 3.12. The molecule has 0 fully saturated rings. The predicted octanol–water partition coefficient (Wildman–Crippen LogP) is 1.29. The Bertz CT molecular complexity index is 612. The summed E-state index contributed by atoms with van der Waals surface area (Å²) in [6.07, 6.45) is 3.60. The van der Waals surface area contributed by atoms with Crippen LogP contribution < -0.4 is 11.1 Å². The molecule has 4 N–H and O–H groups in total. The zero-order valence-electron chi connectivity index (χ0n) is 11.7. The van der Waals surface area contributed by atoms with Gasteiger partial charge in [0.15, 0.2) is 5.84 Å². The molecule has 1 heterocycles. The Balaban J connectivity index is 1.94. The fourth-order valence-electron chi connectivity index (χ4n) is 1.95. The van der Waals surface area contributed by atoms with Crippen molar-refractivity contribution in [3.05, 3.63) is 53.6 Å². The van der Waals surface area contributed by atoms with Crippen molar-refractivity contribution < 1.29 is 9.60 Å². The maximum atomic E-state index is 13.9. The quantitative estimate of drug-likeness (QED) is 0.324. The van der Waals surface area contributed by atoms with Gasteiger partial charge in [0, 0.05) is 36.1 Å². The average Bonchev–Trinajstić information content (AvgIpc) is 2.98. The molecule has 0 saturated heterocycles. The molecule has 21 heavy (non-hydrogen) atoms. The van der Waals surface area contributed by atoms with E-state index >= 15 is 0 Å². The summed E-state index contributed by atoms with van der Waals surface area (Å²) < 4.78 is 15.7. The fourth-order valence-corrected chi connectivity index (χ4v) is 1.95. The summed E-state index contributed by atoms with van der Waals surface area (Å²) >= 11 is 0. The topological polar surface area (TPSA) is 88.5 Å². The van der Waals surface area contributed by atoms with Crippen molar-refractivity contribution in [2.45, 2.75) is 26.1 Å². The Morgan fingerprint density at radius 2 is 2.38 bits per heavy atom. The van der Waals surface area contributed by atoms with Crippen molar-refractivity contribution in [2.24, 2.45) is 10.9 Å². The van der Waals surface area contributed by atoms with E-state index in [1.165, 1.54) is 6.07 Å². The van der Waals surface area contributed by atoms with Crippen LogP contribution in [0.2, 0.25) is 0 Å². The molecule has 0 aliphatic rings. The Morgan fingerprint density at radius 1 is 1.57 bits per heavy atom. The summed E-state index contributed by atoms with van der Waals surface area (Å²) in [6.45, 7) is 3.10. The van der Waals surface area contributed by atoms with Gasteiger partial charge >= 0.3 is 0 Å². The van der Waals surface area contributed by atoms with E-state index in [0.29, 0.717) is 24.2 Å². The third-order valence-corrected chi connectivity index (χ3v) is 3.12. The van der Waals surface area contributed by atoms with E-state index in [1.807, 2.05) is 23.9 Å². The Labute approximate surface area is 122 Å². The van der Waals surface area contributed by atoms with Gasteiger partial charge in [0.2, 0.25) is 0 Å². The van der Waals surface area contributed by atoms with Gasteiger partial charge in [0.05, 0.1) is 6.54 Å². The number of rotatable bonds is 6. The molecule has 0 spiro atoms. The van der Waals surface area contributed by atoms with Crippen LogP contribution in [0.5, 0.6) is 0 Å². The van der Waals surface area contributed by atoms with Crippen LogP contribution in [0, 0.1) is 5.82 Å². The Hall–Kier alpha value is -2.41. The molecule has 0 bridgehead atoms. The van der Waals surface area contributed by atoms with Crippen molar-refractivity contribution in [2.75, 3.05) is 0 Å². The smallest absolute Gasteiger partial charge is 0.170 e. The van der Waals surface area contributed by atoms with Crippen molar-refractivity contribution in [1.82, 2.24) is 15.1 Å². The van der Waals surface area contributed by atoms with Crippen LogP contribution in [0.1, 0.15) is 18.1 Å². The van der Waals surface area contributed by atoms with Gasteiger partial charge in [-0.1, -0.05) is 17.3 Å². The molecule has 1 atom stereocenters. The largest absolute Gasteiger partial charge is 0.409 e. The molecule has 2 aromatic rings. The molecule has 0 aliphatic heterocycles. The Kier molecular flexibility index (Phi) is 4.89. The zero-order chi connectivity index (χ0) is 15.2. The number of hydrogen-bond acceptors (Lipinski definition) is 4. The monoisotopic (exact) mass is 291 g/mol. The van der Waals surface area contributed by atoms with Gasteiger partial charge in [-0.05, 0) is 19.1 Å². The molecule has 7 heteroatoms. The van der Waals surface area contributed by atoms with E-state index in [2.05, 4.69) is 15.6 Å². The van der Waals surface area contributed by atoms with E-state index in [4.69, 9.17) is 10.9 Å². The maximum Gasteiger partial charge on any atom is 0.170 e. The van der Waals surface area contributed by atoms with E-state index < -0.39 is 5.82 Å². The normalized spacial score (nSPS) is 13.3. The molecule has 1 aromatic heterocycles. The lowest BCUT2D eigenvalue weighted by Crippen LogP contribution is -2.30. The molecule has 2 rings (SSSR count). The first-order valence-electron chi connectivity index (χ1n) is 6.57. The van der Waals surface area contributed by atoms with E-state index in [1.54, 1.807) is 18.3 Å². The number of amidine groups is 1. The highest BCUT2D eigenvalue weighted by molar-refractivity contribution is 5.97. The summed E-state index contributed by atoms with van der Waals surface area (Å²) in [5.74, 6) is -0.502. The second-order valence-corrected chi connectivity index (χ2v) is 4.80. The van der Waals surface area contributed by atoms with Gasteiger partial charge < -0.3 is 16.3 Å². The van der Waals surface area contributed by atoms with Crippen LogP contribution >= 0.6 is 0 Å². The summed E-state index contributed by atoms with van der Waals surface area (Å²) in [5.41, 5.74) is 6.29. The van der Waals surface area contributed by atoms with Gasteiger partial charge in [0.25, 0.3) is 0 Å². The number of nitrogens with two attached hydrogens (primary N) is 1. The van der Waals surface area contributed by atoms with Crippen molar-refractivity contribution in [1.29, 1.82) is 0 Å². The number of hydrogen-bond donors (Lipinski definition) is 3. The molecule has 0 saturated carbocycles. The van der Waals surface area contributed by atoms with Gasteiger partial charge in [-0.3, -0.25) is 4.68 Å². The molecule has 6 nitrogen and oxygen atoms in total. The van der Waals surface area contributed by atoms with Crippen molar-refractivity contribution >= 4 is 5.84 Å². The van der Waals surface area contributed by atoms with Crippen LogP contribution in [0.3, 0.4) is 0 Å². The SMILES string of the molecule is CC(Cn1cccn1)NCc1ccc(C(N)=NO)cc1F. The first kappa shape index (κ1) is 15.0. The van der Waals surface area contributed by atoms with Crippen LogP contribution in [-0.2, 0) is 13.1 Å². The predicted molar refractivity (Wildman–Crippen MR) is 77.4 cm³/mol. The van der Waals surface area contributed by atoms with Crippen LogP contribution in [0.25, 0.3) is 0 Å². The summed E-state index contributed by atoms with van der Waals surface area (Å²) in [5, 5.41) is 18.8. The van der Waals surface area contributed by atoms with E-state index in [9.17, 15) is 4.39 Å². The highest BCUT2D eigenvalue weighted by Crippen LogP contribution is 2.10. The average molecular weight is 291 g/mol. The second kappa shape index (κ2) is 6.85. The first-order chi connectivity index (χ1) is 10.1. The van der Waals surface area contributed by atoms with E-state index in [-0.39, 0.29) is 11.9 Å². The van der Waals surface area contributed by atoms with Gasteiger partial charge in [-0.2, -0.15) is 5.10 Å².